The molecule has 0 radical (unpaired) electrons. The molecule has 0 aliphatic heterocycles. The lowest BCUT2D eigenvalue weighted by Crippen LogP contribution is -1.98. The van der Waals surface area contributed by atoms with Gasteiger partial charge in [0.15, 0.2) is 11.5 Å². The maximum Gasteiger partial charge on any atom is 0.174 e. The molecule has 3 nitrogen and oxygen atoms in total. The molecule has 2 aromatic carbocycles. The fourth-order valence-corrected chi connectivity index (χ4v) is 2.85. The van der Waals surface area contributed by atoms with E-state index in [1.807, 2.05) is 55.5 Å². The predicted molar refractivity (Wildman–Crippen MR) is 96.8 cm³/mol. The van der Waals surface area contributed by atoms with Gasteiger partial charge in [-0.25, -0.2) is 0 Å². The van der Waals surface area contributed by atoms with Crippen molar-refractivity contribution >= 4 is 34.2 Å². The number of allylic oxidation sites excluding steroid dienone is 1. The van der Waals surface area contributed by atoms with Gasteiger partial charge in [-0.1, -0.05) is 30.3 Å². The second-order valence-electron chi connectivity index (χ2n) is 4.50. The van der Waals surface area contributed by atoms with Crippen LogP contribution in [0.1, 0.15) is 18.1 Å². The fourth-order valence-electron chi connectivity index (χ4n) is 2.07. The van der Waals surface area contributed by atoms with Crippen LogP contribution in [0.15, 0.2) is 42.5 Å². The summed E-state index contributed by atoms with van der Waals surface area (Å²) in [6.07, 6.45) is 1.86. The number of rotatable bonds is 5. The normalized spacial score (nSPS) is 10.9. The Labute approximate surface area is 144 Å². The molecule has 0 heterocycles. The molecule has 0 amide bonds. The quantitative estimate of drug-likeness (QED) is 0.409. The van der Waals surface area contributed by atoms with Crippen LogP contribution in [0.25, 0.3) is 11.6 Å². The highest BCUT2D eigenvalue weighted by Gasteiger charge is 2.11. The summed E-state index contributed by atoms with van der Waals surface area (Å²) in [6.45, 7) is 2.52. The van der Waals surface area contributed by atoms with E-state index in [4.69, 9.17) is 9.47 Å². The van der Waals surface area contributed by atoms with Crippen LogP contribution < -0.4 is 9.47 Å². The average Bonchev–Trinajstić information content (AvgIpc) is 2.55. The Morgan fingerprint density at radius 2 is 2.00 bits per heavy atom. The van der Waals surface area contributed by atoms with Crippen LogP contribution in [-0.2, 0) is 0 Å². The van der Waals surface area contributed by atoms with Gasteiger partial charge in [-0.2, -0.15) is 5.26 Å². The lowest BCUT2D eigenvalue weighted by molar-refractivity contribution is 0.308. The van der Waals surface area contributed by atoms with Gasteiger partial charge in [0.25, 0.3) is 0 Å². The van der Waals surface area contributed by atoms with Crippen molar-refractivity contribution in [2.75, 3.05) is 13.7 Å². The SMILES string of the molecule is CCOc1c(I)cc(/C=C(/C#N)c2ccccc2)cc1OC. The van der Waals surface area contributed by atoms with Gasteiger partial charge in [0.05, 0.1) is 28.9 Å². The van der Waals surface area contributed by atoms with Crippen LogP contribution >= 0.6 is 22.6 Å². The topological polar surface area (TPSA) is 42.2 Å². The summed E-state index contributed by atoms with van der Waals surface area (Å²) in [5.74, 6) is 1.41. The largest absolute Gasteiger partial charge is 0.493 e. The Balaban J connectivity index is 2.47. The zero-order chi connectivity index (χ0) is 15.9. The van der Waals surface area contributed by atoms with Gasteiger partial charge in [-0.3, -0.25) is 0 Å². The monoisotopic (exact) mass is 405 g/mol. The third kappa shape index (κ3) is 3.80. The van der Waals surface area contributed by atoms with Crippen molar-refractivity contribution in [3.8, 4) is 17.6 Å². The van der Waals surface area contributed by atoms with Gasteiger partial charge in [-0.15, -0.1) is 0 Å². The molecule has 0 fully saturated rings. The number of nitriles is 1. The molecule has 0 spiro atoms. The van der Waals surface area contributed by atoms with Crippen LogP contribution in [0, 0.1) is 14.9 Å². The molecule has 22 heavy (non-hydrogen) atoms. The first-order valence-electron chi connectivity index (χ1n) is 6.87. The Morgan fingerprint density at radius 1 is 1.27 bits per heavy atom. The van der Waals surface area contributed by atoms with E-state index in [0.29, 0.717) is 17.9 Å². The number of methoxy groups -OCH3 is 1. The van der Waals surface area contributed by atoms with Crippen LogP contribution in [0.2, 0.25) is 0 Å². The second kappa shape index (κ2) is 7.85. The maximum absolute atomic E-state index is 9.40. The molecular formula is C18H16INO2. The lowest BCUT2D eigenvalue weighted by atomic mass is 10.0. The summed E-state index contributed by atoms with van der Waals surface area (Å²) >= 11 is 2.21. The Kier molecular flexibility index (Phi) is 5.84. The van der Waals surface area contributed by atoms with Crippen molar-refractivity contribution in [1.82, 2.24) is 0 Å². The number of hydrogen-bond donors (Lipinski definition) is 0. The van der Waals surface area contributed by atoms with Crippen LogP contribution in [0.5, 0.6) is 11.5 Å². The zero-order valence-electron chi connectivity index (χ0n) is 12.5. The molecule has 0 unspecified atom stereocenters. The van der Waals surface area contributed by atoms with E-state index in [0.717, 1.165) is 20.4 Å². The lowest BCUT2D eigenvalue weighted by Gasteiger charge is -2.12. The minimum absolute atomic E-state index is 0.578. The molecule has 0 saturated carbocycles. The van der Waals surface area contributed by atoms with Gasteiger partial charge in [0.1, 0.15) is 0 Å². The maximum atomic E-state index is 9.40. The van der Waals surface area contributed by atoms with Gasteiger partial charge in [-0.05, 0) is 58.9 Å². The summed E-state index contributed by atoms with van der Waals surface area (Å²) in [6, 6.07) is 15.7. The zero-order valence-corrected chi connectivity index (χ0v) is 14.6. The van der Waals surface area contributed by atoms with Gasteiger partial charge in [0.2, 0.25) is 0 Å². The van der Waals surface area contributed by atoms with Crippen molar-refractivity contribution < 1.29 is 9.47 Å². The van der Waals surface area contributed by atoms with Crippen LogP contribution in [0.3, 0.4) is 0 Å². The third-order valence-electron chi connectivity index (χ3n) is 3.06. The number of hydrogen-bond acceptors (Lipinski definition) is 3. The van der Waals surface area contributed by atoms with Crippen molar-refractivity contribution in [2.24, 2.45) is 0 Å². The Morgan fingerprint density at radius 3 is 2.59 bits per heavy atom. The Bertz CT molecular complexity index is 718. The average molecular weight is 405 g/mol. The number of ether oxygens (including phenoxy) is 2. The number of halogens is 1. The van der Waals surface area contributed by atoms with E-state index >= 15 is 0 Å². The van der Waals surface area contributed by atoms with Crippen molar-refractivity contribution in [1.29, 1.82) is 5.26 Å². The molecular weight excluding hydrogens is 389 g/mol. The molecule has 0 atom stereocenters. The first kappa shape index (κ1) is 16.4. The molecule has 0 aliphatic carbocycles. The van der Waals surface area contributed by atoms with E-state index in [1.165, 1.54) is 0 Å². The molecule has 0 aromatic heterocycles. The smallest absolute Gasteiger partial charge is 0.174 e. The number of benzene rings is 2. The van der Waals surface area contributed by atoms with E-state index in [2.05, 4.69) is 28.7 Å². The van der Waals surface area contributed by atoms with Crippen LogP contribution in [0.4, 0.5) is 0 Å². The molecule has 4 heteroatoms. The van der Waals surface area contributed by atoms with Gasteiger partial charge >= 0.3 is 0 Å². The predicted octanol–water partition coefficient (Wildman–Crippen LogP) is 4.76. The summed E-state index contributed by atoms with van der Waals surface area (Å²) in [5, 5.41) is 9.40. The minimum atomic E-state index is 0.578. The molecule has 0 bridgehead atoms. The highest BCUT2D eigenvalue weighted by Crippen LogP contribution is 2.35. The highest BCUT2D eigenvalue weighted by molar-refractivity contribution is 14.1. The van der Waals surface area contributed by atoms with Gasteiger partial charge in [0, 0.05) is 0 Å². The van der Waals surface area contributed by atoms with Crippen LogP contribution in [-0.4, -0.2) is 13.7 Å². The van der Waals surface area contributed by atoms with E-state index in [9.17, 15) is 5.26 Å². The second-order valence-corrected chi connectivity index (χ2v) is 5.67. The first-order chi connectivity index (χ1) is 10.7. The molecule has 0 saturated heterocycles. The van der Waals surface area contributed by atoms with E-state index in [1.54, 1.807) is 7.11 Å². The summed E-state index contributed by atoms with van der Waals surface area (Å²) in [5.41, 5.74) is 2.42. The van der Waals surface area contributed by atoms with Crippen molar-refractivity contribution in [3.63, 3.8) is 0 Å². The van der Waals surface area contributed by atoms with E-state index < -0.39 is 0 Å². The van der Waals surface area contributed by atoms with Gasteiger partial charge < -0.3 is 9.47 Å². The van der Waals surface area contributed by atoms with Crippen molar-refractivity contribution in [3.05, 3.63) is 57.2 Å². The highest BCUT2D eigenvalue weighted by atomic mass is 127. The molecule has 2 aromatic rings. The third-order valence-corrected chi connectivity index (χ3v) is 3.86. The summed E-state index contributed by atoms with van der Waals surface area (Å²) < 4.78 is 12.0. The Hall–Kier alpha value is -2.00. The first-order valence-corrected chi connectivity index (χ1v) is 7.95. The molecule has 0 aliphatic rings. The van der Waals surface area contributed by atoms with E-state index in [-0.39, 0.29) is 0 Å². The minimum Gasteiger partial charge on any atom is -0.493 e. The standard InChI is InChI=1S/C18H16INO2/c1-3-22-18-16(19)10-13(11-17(18)21-2)9-15(12-20)14-7-5-4-6-8-14/h4-11H,3H2,1-2H3/b15-9-. The molecule has 112 valence electrons. The summed E-state index contributed by atoms with van der Waals surface area (Å²) in [7, 11) is 1.61. The summed E-state index contributed by atoms with van der Waals surface area (Å²) in [4.78, 5) is 0. The molecule has 0 N–H and O–H groups in total. The molecule has 2 rings (SSSR count). The fraction of sp³-hybridized carbons (Fsp3) is 0.167. The number of nitrogens with zero attached hydrogens (tertiary/aromatic N) is 1. The van der Waals surface area contributed by atoms with Crippen molar-refractivity contribution in [2.45, 2.75) is 6.92 Å².